The van der Waals surface area contributed by atoms with Crippen molar-refractivity contribution in [2.45, 2.75) is 37.5 Å². The van der Waals surface area contributed by atoms with Gasteiger partial charge in [0.2, 0.25) is 0 Å². The van der Waals surface area contributed by atoms with Gasteiger partial charge in [0.15, 0.2) is 21.4 Å². The number of pyridine rings is 1. The van der Waals surface area contributed by atoms with Crippen molar-refractivity contribution in [3.63, 3.8) is 0 Å². The number of hydrogen-bond donors (Lipinski definition) is 1. The van der Waals surface area contributed by atoms with Crippen LogP contribution in [0.15, 0.2) is 101 Å². The van der Waals surface area contributed by atoms with Gasteiger partial charge in [-0.25, -0.2) is 8.42 Å². The maximum atomic E-state index is 14.1. The maximum absolute atomic E-state index is 14.1. The second-order valence-electron chi connectivity index (χ2n) is 11.1. The van der Waals surface area contributed by atoms with Gasteiger partial charge in [0, 0.05) is 34.8 Å². The summed E-state index contributed by atoms with van der Waals surface area (Å²) in [6.07, 6.45) is 3.55. The monoisotopic (exact) mass is 604 g/mol. The summed E-state index contributed by atoms with van der Waals surface area (Å²) in [5, 5.41) is 3.82. The van der Waals surface area contributed by atoms with Gasteiger partial charge in [-0.1, -0.05) is 80.8 Å². The van der Waals surface area contributed by atoms with Crippen LogP contribution in [0.1, 0.15) is 64.4 Å². The molecule has 0 saturated heterocycles. The second kappa shape index (κ2) is 11.7. The number of nitrogens with zero attached hydrogens (tertiary/aromatic N) is 1. The van der Waals surface area contributed by atoms with E-state index in [2.05, 4.69) is 12.2 Å². The molecule has 0 saturated carbocycles. The van der Waals surface area contributed by atoms with Gasteiger partial charge < -0.3 is 9.88 Å². The first-order chi connectivity index (χ1) is 21.2. The number of aromatic nitrogens is 1. The lowest BCUT2D eigenvalue weighted by atomic mass is 9.80. The summed E-state index contributed by atoms with van der Waals surface area (Å²) in [7, 11) is -1.80. The third-order valence-corrected chi connectivity index (χ3v) is 10.1. The van der Waals surface area contributed by atoms with Gasteiger partial charge in [0.1, 0.15) is 0 Å². The van der Waals surface area contributed by atoms with Crippen molar-refractivity contribution in [3.05, 3.63) is 124 Å². The summed E-state index contributed by atoms with van der Waals surface area (Å²) in [5.74, 6) is -0.541. The van der Waals surface area contributed by atoms with Crippen molar-refractivity contribution < 1.29 is 18.0 Å². The Labute approximate surface area is 256 Å². The molecule has 1 aliphatic rings. The summed E-state index contributed by atoms with van der Waals surface area (Å²) >= 11 is 0. The summed E-state index contributed by atoms with van der Waals surface area (Å²) in [5.41, 5.74) is 3.30. The Hall–Kier alpha value is -4.82. The number of unbranched alkanes of at least 4 members (excludes halogenated alkanes) is 3. The average Bonchev–Trinajstić information content (AvgIpc) is 3.04. The number of anilines is 2. The van der Waals surface area contributed by atoms with E-state index in [-0.39, 0.29) is 22.0 Å². The number of nitrogens with one attached hydrogen (secondary N) is 1. The first-order valence-electron chi connectivity index (χ1n) is 14.8. The molecule has 5 aromatic rings. The van der Waals surface area contributed by atoms with Gasteiger partial charge in [-0.15, -0.1) is 0 Å². The summed E-state index contributed by atoms with van der Waals surface area (Å²) in [6, 6.07) is 25.7. The molecule has 4 aromatic carbocycles. The molecular formula is C36H32N2O5S. The van der Waals surface area contributed by atoms with Crippen LogP contribution in [0.25, 0.3) is 22.0 Å². The van der Waals surface area contributed by atoms with Crippen LogP contribution in [-0.2, 0) is 16.9 Å². The van der Waals surface area contributed by atoms with Crippen LogP contribution in [0.5, 0.6) is 0 Å². The molecule has 6 rings (SSSR count). The van der Waals surface area contributed by atoms with Crippen LogP contribution in [0.3, 0.4) is 0 Å². The van der Waals surface area contributed by atoms with Crippen molar-refractivity contribution in [1.29, 1.82) is 0 Å². The zero-order valence-electron chi connectivity index (χ0n) is 24.6. The zero-order valence-corrected chi connectivity index (χ0v) is 25.4. The van der Waals surface area contributed by atoms with Crippen LogP contribution < -0.4 is 10.9 Å². The standard InChI is InChI=1S/C36H32N2O5S/c1-3-4-5-11-22-44(42,43)25-18-16-24(17-19-25)37-28-20-21-29-32-30(26-14-9-10-15-27(26)35(40)31(28)32)33(36(41)38(29)2)34(39)23-12-7-6-8-13-23/h6-10,12-21,37H,3-5,11,22H2,1-2H3. The van der Waals surface area contributed by atoms with Gasteiger partial charge in [-0.3, -0.25) is 14.4 Å². The molecule has 0 spiro atoms. The topological polar surface area (TPSA) is 102 Å². The Balaban J connectivity index is 1.49. The van der Waals surface area contributed by atoms with Crippen molar-refractivity contribution in [1.82, 2.24) is 4.57 Å². The fraction of sp³-hybridized carbons (Fsp3) is 0.194. The van der Waals surface area contributed by atoms with E-state index in [9.17, 15) is 22.8 Å². The molecule has 8 heteroatoms. The Bertz CT molecular complexity index is 2100. The maximum Gasteiger partial charge on any atom is 0.262 e. The number of ketones is 2. The quantitative estimate of drug-likeness (QED) is 0.132. The summed E-state index contributed by atoms with van der Waals surface area (Å²) < 4.78 is 27.1. The highest BCUT2D eigenvalue weighted by Crippen LogP contribution is 2.44. The van der Waals surface area contributed by atoms with Crippen LogP contribution in [0.2, 0.25) is 0 Å². The number of fused-ring (bicyclic) bond motifs is 2. The third-order valence-electron chi connectivity index (χ3n) is 8.25. The third kappa shape index (κ3) is 5.05. The predicted molar refractivity (Wildman–Crippen MR) is 174 cm³/mol. The van der Waals surface area contributed by atoms with E-state index >= 15 is 0 Å². The predicted octanol–water partition coefficient (Wildman–Crippen LogP) is 7.08. The number of sulfone groups is 1. The molecule has 44 heavy (non-hydrogen) atoms. The van der Waals surface area contributed by atoms with Crippen molar-refractivity contribution in [3.8, 4) is 11.1 Å². The van der Waals surface area contributed by atoms with E-state index in [1.165, 1.54) is 4.57 Å². The summed E-state index contributed by atoms with van der Waals surface area (Å²) in [4.78, 5) is 42.0. The molecule has 1 aliphatic carbocycles. The van der Waals surface area contributed by atoms with E-state index in [1.807, 2.05) is 0 Å². The molecular weight excluding hydrogens is 572 g/mol. The average molecular weight is 605 g/mol. The SMILES string of the molecule is CCCCCCS(=O)(=O)c1ccc(Nc2ccc3c4c2C(=O)c2ccccc2-c4c(C(=O)c2ccccc2)c(=O)n3C)cc1. The van der Waals surface area contributed by atoms with Crippen LogP contribution in [0, 0.1) is 0 Å². The summed E-state index contributed by atoms with van der Waals surface area (Å²) in [6.45, 7) is 2.08. The number of rotatable bonds is 10. The molecule has 0 bridgehead atoms. The number of benzene rings is 4. The minimum atomic E-state index is -3.40. The minimum absolute atomic E-state index is 0.0121. The Morgan fingerprint density at radius 2 is 1.45 bits per heavy atom. The highest BCUT2D eigenvalue weighted by atomic mass is 32.2. The van der Waals surface area contributed by atoms with E-state index in [1.54, 1.807) is 98.0 Å². The van der Waals surface area contributed by atoms with Crippen molar-refractivity contribution in [2.24, 2.45) is 7.05 Å². The molecule has 1 aromatic heterocycles. The lowest BCUT2D eigenvalue weighted by Gasteiger charge is -2.25. The van der Waals surface area contributed by atoms with Gasteiger partial charge >= 0.3 is 0 Å². The minimum Gasteiger partial charge on any atom is -0.355 e. The largest absolute Gasteiger partial charge is 0.355 e. The van der Waals surface area contributed by atoms with Crippen LogP contribution in [0.4, 0.5) is 11.4 Å². The van der Waals surface area contributed by atoms with Gasteiger partial charge in [-0.05, 0) is 48.4 Å². The van der Waals surface area contributed by atoms with Crippen molar-refractivity contribution in [2.75, 3.05) is 11.1 Å². The Morgan fingerprint density at radius 1 is 0.773 bits per heavy atom. The number of carbonyl (C=O) groups excluding carboxylic acids is 2. The normalized spacial score (nSPS) is 12.3. The number of hydrogen-bond acceptors (Lipinski definition) is 6. The van der Waals surface area contributed by atoms with Crippen LogP contribution in [-0.4, -0.2) is 30.3 Å². The number of carbonyl (C=O) groups is 2. The molecule has 222 valence electrons. The van der Waals surface area contributed by atoms with Crippen molar-refractivity contribution >= 4 is 43.7 Å². The molecule has 0 amide bonds. The molecule has 0 aliphatic heterocycles. The highest BCUT2D eigenvalue weighted by Gasteiger charge is 2.34. The first kappa shape index (κ1) is 29.3. The molecule has 0 radical (unpaired) electrons. The number of aryl methyl sites for hydroxylation is 1. The van der Waals surface area contributed by atoms with Gasteiger partial charge in [0.05, 0.1) is 33.0 Å². The molecule has 0 unspecified atom stereocenters. The molecule has 0 fully saturated rings. The zero-order chi connectivity index (χ0) is 31.0. The second-order valence-corrected chi connectivity index (χ2v) is 13.2. The fourth-order valence-corrected chi connectivity index (χ4v) is 7.33. The van der Waals surface area contributed by atoms with E-state index in [0.29, 0.717) is 56.5 Å². The lowest BCUT2D eigenvalue weighted by Crippen LogP contribution is -2.29. The van der Waals surface area contributed by atoms with Gasteiger partial charge in [-0.2, -0.15) is 0 Å². The highest BCUT2D eigenvalue weighted by molar-refractivity contribution is 7.91. The van der Waals surface area contributed by atoms with E-state index in [0.717, 1.165) is 19.3 Å². The van der Waals surface area contributed by atoms with E-state index in [4.69, 9.17) is 0 Å². The van der Waals surface area contributed by atoms with Crippen LogP contribution >= 0.6 is 0 Å². The molecule has 1 N–H and O–H groups in total. The Morgan fingerprint density at radius 3 is 2.16 bits per heavy atom. The Kier molecular flexibility index (Phi) is 7.78. The smallest absolute Gasteiger partial charge is 0.262 e. The fourth-order valence-electron chi connectivity index (χ4n) is 5.96. The molecule has 0 atom stereocenters. The lowest BCUT2D eigenvalue weighted by molar-refractivity contribution is 0.102. The molecule has 7 nitrogen and oxygen atoms in total. The first-order valence-corrected chi connectivity index (χ1v) is 16.4. The van der Waals surface area contributed by atoms with E-state index < -0.39 is 21.2 Å². The molecule has 1 heterocycles. The van der Waals surface area contributed by atoms with Gasteiger partial charge in [0.25, 0.3) is 5.56 Å².